The van der Waals surface area contributed by atoms with Crippen molar-refractivity contribution in [2.75, 3.05) is 6.54 Å². The number of aliphatic hydroxyl groups is 1. The molecule has 0 aliphatic carbocycles. The molecule has 166 valence electrons. The molecule has 33 heavy (non-hydrogen) atoms. The Morgan fingerprint density at radius 2 is 1.61 bits per heavy atom. The van der Waals surface area contributed by atoms with Crippen molar-refractivity contribution in [3.63, 3.8) is 0 Å². The van der Waals surface area contributed by atoms with Crippen LogP contribution in [0.25, 0.3) is 33.3 Å². The lowest BCUT2D eigenvalue weighted by Crippen LogP contribution is -2.30. The fraction of sp³-hybridized carbons (Fsp3) is 0.172. The van der Waals surface area contributed by atoms with Crippen LogP contribution in [0.3, 0.4) is 0 Å². The number of aromatic nitrogens is 1. The quantitative estimate of drug-likeness (QED) is 0.312. The molecule has 0 bridgehead atoms. The summed E-state index contributed by atoms with van der Waals surface area (Å²) in [5.41, 5.74) is 7.00. The Hall–Kier alpha value is -3.60. The molecule has 0 aliphatic rings. The van der Waals surface area contributed by atoms with Gasteiger partial charge >= 0.3 is 0 Å². The third-order valence-electron chi connectivity index (χ3n) is 5.98. The van der Waals surface area contributed by atoms with Gasteiger partial charge in [0.15, 0.2) is 0 Å². The van der Waals surface area contributed by atoms with E-state index in [4.69, 9.17) is 4.42 Å². The van der Waals surface area contributed by atoms with Crippen molar-refractivity contribution in [1.29, 1.82) is 0 Å². The van der Waals surface area contributed by atoms with Crippen molar-refractivity contribution < 1.29 is 9.52 Å². The monoisotopic (exact) mass is 436 g/mol. The number of furan rings is 1. The summed E-state index contributed by atoms with van der Waals surface area (Å²) in [4.78, 5) is 0. The molecule has 0 saturated heterocycles. The number of benzene rings is 3. The maximum absolute atomic E-state index is 11.0. The van der Waals surface area contributed by atoms with Gasteiger partial charge in [0.25, 0.3) is 0 Å². The second kappa shape index (κ2) is 9.49. The van der Waals surface area contributed by atoms with E-state index < -0.39 is 6.10 Å². The molecule has 0 aliphatic heterocycles. The minimum absolute atomic E-state index is 0.473. The predicted molar refractivity (Wildman–Crippen MR) is 134 cm³/mol. The van der Waals surface area contributed by atoms with E-state index in [1.807, 2.05) is 24.3 Å². The Labute approximate surface area is 194 Å². The van der Waals surface area contributed by atoms with Gasteiger partial charge in [-0.25, -0.2) is 0 Å². The molecule has 4 heteroatoms. The van der Waals surface area contributed by atoms with Crippen LogP contribution >= 0.6 is 0 Å². The first-order chi connectivity index (χ1) is 16.2. The molecule has 1 atom stereocenters. The van der Waals surface area contributed by atoms with Crippen molar-refractivity contribution in [2.24, 2.45) is 0 Å². The largest absolute Gasteiger partial charge is 0.468 e. The Kier molecular flexibility index (Phi) is 6.11. The van der Waals surface area contributed by atoms with Gasteiger partial charge in [0.2, 0.25) is 0 Å². The lowest BCUT2D eigenvalue weighted by Gasteiger charge is -2.17. The standard InChI is InChI=1S/C29H28N2O2/c1-21-14-15-27-26(17-21)28(22-9-4-2-5-10-22)29(23-11-6-3-7-12-23)31(27)20-24(32)18-30-19-25-13-8-16-33-25/h2-17,24,30,32H,18-20H2,1H3/t24-/m1/s1. The molecule has 3 aromatic carbocycles. The van der Waals surface area contributed by atoms with Crippen LogP contribution in [-0.2, 0) is 13.1 Å². The summed E-state index contributed by atoms with van der Waals surface area (Å²) in [6.07, 6.45) is 1.11. The van der Waals surface area contributed by atoms with Crippen LogP contribution in [0, 0.1) is 6.92 Å². The normalized spacial score (nSPS) is 12.3. The summed E-state index contributed by atoms with van der Waals surface area (Å²) in [6.45, 7) is 3.68. The molecule has 2 aromatic heterocycles. The number of hydrogen-bond acceptors (Lipinski definition) is 3. The van der Waals surface area contributed by atoms with Gasteiger partial charge in [-0.05, 0) is 42.3 Å². The summed E-state index contributed by atoms with van der Waals surface area (Å²) in [6, 6.07) is 31.4. The van der Waals surface area contributed by atoms with E-state index in [1.165, 1.54) is 22.1 Å². The molecule has 5 aromatic rings. The first-order valence-corrected chi connectivity index (χ1v) is 11.4. The van der Waals surface area contributed by atoms with Crippen molar-refractivity contribution in [2.45, 2.75) is 26.1 Å². The van der Waals surface area contributed by atoms with Crippen LogP contribution < -0.4 is 5.32 Å². The zero-order chi connectivity index (χ0) is 22.6. The highest BCUT2D eigenvalue weighted by atomic mass is 16.3. The van der Waals surface area contributed by atoms with Gasteiger partial charge in [0.1, 0.15) is 5.76 Å². The zero-order valence-corrected chi connectivity index (χ0v) is 18.7. The number of aliphatic hydroxyl groups excluding tert-OH is 1. The summed E-state index contributed by atoms with van der Waals surface area (Å²) >= 11 is 0. The average Bonchev–Trinajstić information content (AvgIpc) is 3.46. The smallest absolute Gasteiger partial charge is 0.117 e. The van der Waals surface area contributed by atoms with Gasteiger partial charge in [-0.3, -0.25) is 0 Å². The van der Waals surface area contributed by atoms with Gasteiger partial charge in [-0.15, -0.1) is 0 Å². The second-order valence-corrected chi connectivity index (χ2v) is 8.45. The summed E-state index contributed by atoms with van der Waals surface area (Å²) < 4.78 is 7.65. The zero-order valence-electron chi connectivity index (χ0n) is 18.7. The Morgan fingerprint density at radius 3 is 2.30 bits per heavy atom. The number of aryl methyl sites for hydroxylation is 1. The molecule has 0 amide bonds. The lowest BCUT2D eigenvalue weighted by molar-refractivity contribution is 0.152. The van der Waals surface area contributed by atoms with Crippen molar-refractivity contribution in [1.82, 2.24) is 9.88 Å². The van der Waals surface area contributed by atoms with Crippen LogP contribution in [0.1, 0.15) is 11.3 Å². The summed E-state index contributed by atoms with van der Waals surface area (Å²) in [5, 5.41) is 15.5. The molecule has 5 rings (SSSR count). The van der Waals surface area contributed by atoms with E-state index in [-0.39, 0.29) is 0 Å². The minimum Gasteiger partial charge on any atom is -0.468 e. The topological polar surface area (TPSA) is 50.3 Å². The lowest BCUT2D eigenvalue weighted by atomic mass is 9.98. The van der Waals surface area contributed by atoms with Crippen LogP contribution in [0.15, 0.2) is 102 Å². The van der Waals surface area contributed by atoms with Crippen molar-refractivity contribution in [3.05, 3.63) is 109 Å². The fourth-order valence-electron chi connectivity index (χ4n) is 4.50. The molecule has 0 radical (unpaired) electrons. The maximum Gasteiger partial charge on any atom is 0.117 e. The van der Waals surface area contributed by atoms with Crippen LogP contribution in [-0.4, -0.2) is 22.3 Å². The first-order valence-electron chi connectivity index (χ1n) is 11.4. The molecule has 0 unspecified atom stereocenters. The van der Waals surface area contributed by atoms with E-state index in [0.29, 0.717) is 19.6 Å². The number of nitrogens with zero attached hydrogens (tertiary/aromatic N) is 1. The van der Waals surface area contributed by atoms with Crippen LogP contribution in [0.2, 0.25) is 0 Å². The SMILES string of the molecule is Cc1ccc2c(c1)c(-c1ccccc1)c(-c1ccccc1)n2C[C@H](O)CNCc1ccco1. The van der Waals surface area contributed by atoms with Crippen LogP contribution in [0.4, 0.5) is 0 Å². The fourth-order valence-corrected chi connectivity index (χ4v) is 4.50. The second-order valence-electron chi connectivity index (χ2n) is 8.45. The number of fused-ring (bicyclic) bond motifs is 1. The van der Waals surface area contributed by atoms with E-state index in [1.54, 1.807) is 6.26 Å². The highest BCUT2D eigenvalue weighted by Crippen LogP contribution is 2.41. The molecule has 2 N–H and O–H groups in total. The van der Waals surface area contributed by atoms with Crippen LogP contribution in [0.5, 0.6) is 0 Å². The molecular formula is C29H28N2O2. The minimum atomic E-state index is -0.553. The highest BCUT2D eigenvalue weighted by Gasteiger charge is 2.21. The van der Waals surface area contributed by atoms with Crippen molar-refractivity contribution >= 4 is 10.9 Å². The third-order valence-corrected chi connectivity index (χ3v) is 5.98. The molecule has 0 spiro atoms. The first kappa shape index (κ1) is 21.3. The Bertz CT molecular complexity index is 1320. The van der Waals surface area contributed by atoms with E-state index in [2.05, 4.69) is 83.5 Å². The molecular weight excluding hydrogens is 408 g/mol. The third kappa shape index (κ3) is 4.49. The highest BCUT2D eigenvalue weighted by molar-refractivity contribution is 6.04. The maximum atomic E-state index is 11.0. The van der Waals surface area contributed by atoms with Crippen molar-refractivity contribution in [3.8, 4) is 22.4 Å². The van der Waals surface area contributed by atoms with E-state index >= 15 is 0 Å². The average molecular weight is 437 g/mol. The Morgan fingerprint density at radius 1 is 0.879 bits per heavy atom. The summed E-state index contributed by atoms with van der Waals surface area (Å²) in [5.74, 6) is 0.862. The molecule has 4 nitrogen and oxygen atoms in total. The van der Waals surface area contributed by atoms with E-state index in [0.717, 1.165) is 22.5 Å². The van der Waals surface area contributed by atoms with Gasteiger partial charge in [0, 0.05) is 23.0 Å². The van der Waals surface area contributed by atoms with Gasteiger partial charge in [0.05, 0.1) is 31.2 Å². The number of nitrogens with one attached hydrogen (secondary N) is 1. The van der Waals surface area contributed by atoms with E-state index in [9.17, 15) is 5.11 Å². The molecule has 2 heterocycles. The summed E-state index contributed by atoms with van der Waals surface area (Å²) in [7, 11) is 0. The Balaban J connectivity index is 1.58. The molecule has 0 fully saturated rings. The van der Waals surface area contributed by atoms with Gasteiger partial charge < -0.3 is 19.4 Å². The van der Waals surface area contributed by atoms with Gasteiger partial charge in [-0.1, -0.05) is 72.3 Å². The number of hydrogen-bond donors (Lipinski definition) is 2. The number of rotatable bonds is 8. The van der Waals surface area contributed by atoms with Gasteiger partial charge in [-0.2, -0.15) is 0 Å². The molecule has 0 saturated carbocycles. The predicted octanol–water partition coefficient (Wildman–Crippen LogP) is 6.03.